The van der Waals surface area contributed by atoms with Gasteiger partial charge in [0, 0.05) is 36.3 Å². The van der Waals surface area contributed by atoms with Gasteiger partial charge in [0.15, 0.2) is 5.78 Å². The average Bonchev–Trinajstić information content (AvgIpc) is 3.45. The number of ether oxygens (including phenoxy) is 2. The first-order valence-electron chi connectivity index (χ1n) is 13.0. The molecule has 0 unspecified atom stereocenters. The highest BCUT2D eigenvalue weighted by Gasteiger charge is 2.24. The molecule has 0 amide bonds. The molecule has 7 nitrogen and oxygen atoms in total. The maximum atomic E-state index is 14.1. The van der Waals surface area contributed by atoms with E-state index in [9.17, 15) is 9.18 Å². The van der Waals surface area contributed by atoms with Crippen molar-refractivity contribution in [2.45, 2.75) is 45.4 Å². The van der Waals surface area contributed by atoms with Gasteiger partial charge in [-0.25, -0.2) is 9.37 Å². The van der Waals surface area contributed by atoms with E-state index in [4.69, 9.17) is 26.1 Å². The molecular formula is C29H28ClFN4O3S. The van der Waals surface area contributed by atoms with Crippen molar-refractivity contribution in [2.75, 3.05) is 24.6 Å². The van der Waals surface area contributed by atoms with Crippen LogP contribution < -0.4 is 9.64 Å². The maximum Gasteiger partial charge on any atom is 0.215 e. The molecule has 2 saturated heterocycles. The summed E-state index contributed by atoms with van der Waals surface area (Å²) in [7, 11) is 0. The van der Waals surface area contributed by atoms with Crippen LogP contribution in [0.1, 0.15) is 47.2 Å². The number of hydrogen-bond acceptors (Lipinski definition) is 7. The van der Waals surface area contributed by atoms with Gasteiger partial charge >= 0.3 is 0 Å². The number of rotatable bonds is 8. The van der Waals surface area contributed by atoms with Gasteiger partial charge in [0.1, 0.15) is 28.9 Å². The second-order valence-electron chi connectivity index (χ2n) is 9.87. The molecule has 3 aromatic heterocycles. The monoisotopic (exact) mass is 566 g/mol. The molecule has 1 atom stereocenters. The predicted molar refractivity (Wildman–Crippen MR) is 151 cm³/mol. The minimum atomic E-state index is -0.394. The van der Waals surface area contributed by atoms with Crippen LogP contribution in [-0.2, 0) is 17.9 Å². The molecule has 1 aromatic carbocycles. The summed E-state index contributed by atoms with van der Waals surface area (Å²) >= 11 is 7.29. The van der Waals surface area contributed by atoms with E-state index in [1.807, 2.05) is 18.2 Å². The second kappa shape index (κ2) is 11.1. The van der Waals surface area contributed by atoms with Crippen molar-refractivity contribution >= 4 is 51.0 Å². The summed E-state index contributed by atoms with van der Waals surface area (Å²) in [6.07, 6.45) is 5.21. The van der Waals surface area contributed by atoms with Crippen molar-refractivity contribution in [1.29, 1.82) is 0 Å². The number of piperidine rings is 1. The quantitative estimate of drug-likeness (QED) is 0.226. The van der Waals surface area contributed by atoms with Crippen molar-refractivity contribution < 1.29 is 18.7 Å². The smallest absolute Gasteiger partial charge is 0.215 e. The molecule has 2 aliphatic rings. The van der Waals surface area contributed by atoms with Crippen LogP contribution in [0, 0.1) is 5.82 Å². The summed E-state index contributed by atoms with van der Waals surface area (Å²) in [4.78, 5) is 25.3. The van der Waals surface area contributed by atoms with E-state index in [2.05, 4.69) is 20.5 Å². The molecule has 5 heterocycles. The van der Waals surface area contributed by atoms with Gasteiger partial charge < -0.3 is 18.9 Å². The summed E-state index contributed by atoms with van der Waals surface area (Å²) in [5.41, 5.74) is 2.76. The molecule has 39 heavy (non-hydrogen) atoms. The normalized spacial score (nSPS) is 17.4. The van der Waals surface area contributed by atoms with Crippen molar-refractivity contribution in [3.63, 3.8) is 0 Å². The Morgan fingerprint density at radius 2 is 2.05 bits per heavy atom. The van der Waals surface area contributed by atoms with Crippen LogP contribution in [0.5, 0.6) is 5.88 Å². The highest BCUT2D eigenvalue weighted by Crippen LogP contribution is 2.31. The highest BCUT2D eigenvalue weighted by molar-refractivity contribution is 7.20. The molecule has 0 radical (unpaired) electrons. The lowest BCUT2D eigenvalue weighted by molar-refractivity contribution is -0.0587. The fraction of sp³-hybridized carbons (Fsp3) is 0.345. The lowest BCUT2D eigenvalue weighted by atomic mass is 10.0. The van der Waals surface area contributed by atoms with Crippen LogP contribution in [0.25, 0.3) is 16.4 Å². The number of hydrogen-bond donors (Lipinski definition) is 0. The minimum absolute atomic E-state index is 0.0666. The van der Waals surface area contributed by atoms with Gasteiger partial charge in [-0.2, -0.15) is 4.98 Å². The molecule has 0 saturated carbocycles. The number of thiophene rings is 1. The van der Waals surface area contributed by atoms with Gasteiger partial charge in [0.25, 0.3) is 0 Å². The topological polar surface area (TPSA) is 69.5 Å². The van der Waals surface area contributed by atoms with Gasteiger partial charge in [-0.15, -0.1) is 11.3 Å². The zero-order chi connectivity index (χ0) is 26.9. The molecule has 202 valence electrons. The van der Waals surface area contributed by atoms with Crippen molar-refractivity contribution in [3.8, 4) is 5.88 Å². The first-order chi connectivity index (χ1) is 18.9. The van der Waals surface area contributed by atoms with Crippen LogP contribution in [0.4, 0.5) is 10.2 Å². The summed E-state index contributed by atoms with van der Waals surface area (Å²) < 4.78 is 27.8. The van der Waals surface area contributed by atoms with Crippen LogP contribution in [0.2, 0.25) is 5.02 Å². The van der Waals surface area contributed by atoms with Crippen molar-refractivity contribution in [2.24, 2.45) is 0 Å². The van der Waals surface area contributed by atoms with Crippen LogP contribution >= 0.6 is 22.9 Å². The molecule has 2 fully saturated rings. The Morgan fingerprint density at radius 1 is 1.23 bits per heavy atom. The standard InChI is InChI=1S/C29H28ClFN4O3S/c1-18(36)25-15-24-29(39-25)33-27(35(24)16-22-9-12-37-22)13-19-7-10-34(11-8-19)26-3-2-4-28(32-26)38-17-20-5-6-21(30)14-23(20)31/h2-6,13-15,22H,7-12,16-17H2,1H3/t22-/m0/s1. The number of anilines is 1. The number of aromatic nitrogens is 3. The van der Waals surface area contributed by atoms with E-state index in [1.165, 1.54) is 23.0 Å². The zero-order valence-electron chi connectivity index (χ0n) is 21.5. The lowest BCUT2D eigenvalue weighted by Crippen LogP contribution is -2.32. The van der Waals surface area contributed by atoms with E-state index in [1.54, 1.807) is 25.1 Å². The highest BCUT2D eigenvalue weighted by atomic mass is 35.5. The Labute approximate surface area is 234 Å². The Bertz CT molecular complexity index is 1550. The van der Waals surface area contributed by atoms with Gasteiger partial charge in [0.2, 0.25) is 5.88 Å². The number of benzene rings is 1. The minimum Gasteiger partial charge on any atom is -0.473 e. The molecule has 0 spiro atoms. The third kappa shape index (κ3) is 5.71. The van der Waals surface area contributed by atoms with Crippen LogP contribution in [0.3, 0.4) is 0 Å². The van der Waals surface area contributed by atoms with Gasteiger partial charge in [-0.3, -0.25) is 4.79 Å². The van der Waals surface area contributed by atoms with Crippen molar-refractivity contribution in [1.82, 2.24) is 14.5 Å². The Kier molecular flexibility index (Phi) is 7.38. The Hall–Kier alpha value is -3.27. The van der Waals surface area contributed by atoms with E-state index >= 15 is 0 Å². The Balaban J connectivity index is 1.13. The second-order valence-corrected chi connectivity index (χ2v) is 11.3. The third-order valence-electron chi connectivity index (χ3n) is 7.17. The summed E-state index contributed by atoms with van der Waals surface area (Å²) in [5.74, 6) is 1.89. The number of ketones is 1. The van der Waals surface area contributed by atoms with Gasteiger partial charge in [0.05, 0.1) is 23.0 Å². The van der Waals surface area contributed by atoms with Crippen LogP contribution in [0.15, 0.2) is 48.0 Å². The summed E-state index contributed by atoms with van der Waals surface area (Å²) in [5, 5.41) is 0.355. The number of nitrogens with zero attached hydrogens (tertiary/aromatic N) is 4. The van der Waals surface area contributed by atoms with E-state index in [0.717, 1.165) is 72.4 Å². The number of halogens is 2. The molecule has 0 aliphatic carbocycles. The molecule has 6 rings (SSSR count). The summed E-state index contributed by atoms with van der Waals surface area (Å²) in [6.45, 7) is 4.86. The number of fused-ring (bicyclic) bond motifs is 1. The van der Waals surface area contributed by atoms with Gasteiger partial charge in [-0.05, 0) is 56.5 Å². The number of imidazole rings is 1. The van der Waals surface area contributed by atoms with Gasteiger partial charge in [-0.1, -0.05) is 29.3 Å². The largest absolute Gasteiger partial charge is 0.473 e. The molecule has 2 aliphatic heterocycles. The predicted octanol–water partition coefficient (Wildman–Crippen LogP) is 6.54. The molecule has 0 bridgehead atoms. The zero-order valence-corrected chi connectivity index (χ0v) is 23.1. The third-order valence-corrected chi connectivity index (χ3v) is 8.52. The SMILES string of the molecule is CC(=O)c1cc2c(nc(C=C3CCN(c4cccc(OCc5ccc(Cl)cc5F)n4)CC3)n2C[C@@H]2CCO2)s1. The Morgan fingerprint density at radius 3 is 2.77 bits per heavy atom. The van der Waals surface area contributed by atoms with E-state index < -0.39 is 5.82 Å². The lowest BCUT2D eigenvalue weighted by Gasteiger charge is -2.30. The van der Waals surface area contributed by atoms with Crippen LogP contribution in [-0.4, -0.2) is 46.1 Å². The number of pyridine rings is 1. The first kappa shape index (κ1) is 26.0. The maximum absolute atomic E-state index is 14.1. The molecule has 0 N–H and O–H groups in total. The van der Waals surface area contributed by atoms with E-state index in [0.29, 0.717) is 16.5 Å². The molecule has 10 heteroatoms. The number of carbonyl (C=O) groups excluding carboxylic acids is 1. The molecular weight excluding hydrogens is 539 g/mol. The van der Waals surface area contributed by atoms with E-state index in [-0.39, 0.29) is 18.5 Å². The number of Topliss-reactive ketones (excluding diaryl/α,β-unsaturated/α-hetero) is 1. The van der Waals surface area contributed by atoms with Crippen molar-refractivity contribution in [3.05, 3.63) is 75.1 Å². The summed E-state index contributed by atoms with van der Waals surface area (Å²) in [6, 6.07) is 12.2. The average molecular weight is 567 g/mol. The number of carbonyl (C=O) groups is 1. The fourth-order valence-electron chi connectivity index (χ4n) is 4.84. The fourth-order valence-corrected chi connectivity index (χ4v) is 5.94. The first-order valence-corrected chi connectivity index (χ1v) is 14.2. The molecule has 4 aromatic rings.